The number of aliphatic hydroxyl groups is 1. The van der Waals surface area contributed by atoms with E-state index < -0.39 is 18.2 Å². The number of benzene rings is 1. The third kappa shape index (κ3) is 7.39. The number of amides is 1. The first-order valence-corrected chi connectivity index (χ1v) is 12.5. The van der Waals surface area contributed by atoms with Gasteiger partial charge in [0, 0.05) is 25.1 Å². The van der Waals surface area contributed by atoms with Gasteiger partial charge in [-0.1, -0.05) is 56.7 Å². The van der Waals surface area contributed by atoms with Crippen molar-refractivity contribution in [3.63, 3.8) is 0 Å². The van der Waals surface area contributed by atoms with Gasteiger partial charge in [0.1, 0.15) is 11.8 Å². The molecule has 1 aliphatic carbocycles. The number of fused-ring (bicyclic) bond motifs is 1. The second-order valence-corrected chi connectivity index (χ2v) is 9.73. The molecule has 0 saturated heterocycles. The summed E-state index contributed by atoms with van der Waals surface area (Å²) in [6.45, 7) is 4.23. The van der Waals surface area contributed by atoms with E-state index in [-0.39, 0.29) is 23.9 Å². The minimum Gasteiger partial charge on any atom is -0.455 e. The summed E-state index contributed by atoms with van der Waals surface area (Å²) in [6.07, 6.45) is 4.48. The van der Waals surface area contributed by atoms with Crippen LogP contribution in [0.4, 0.5) is 0 Å². The van der Waals surface area contributed by atoms with Crippen LogP contribution in [0.3, 0.4) is 0 Å². The third-order valence-corrected chi connectivity index (χ3v) is 6.59. The highest BCUT2D eigenvalue weighted by Gasteiger charge is 2.30. The number of esters is 1. The lowest BCUT2D eigenvalue weighted by Gasteiger charge is -2.27. The van der Waals surface area contributed by atoms with E-state index in [2.05, 4.69) is 24.1 Å². The van der Waals surface area contributed by atoms with Crippen LogP contribution in [-0.4, -0.2) is 41.2 Å². The molecular weight excluding hydrogens is 428 g/mol. The predicted molar refractivity (Wildman–Crippen MR) is 132 cm³/mol. The lowest BCUT2D eigenvalue weighted by atomic mass is 9.89. The Hall–Kier alpha value is -2.73. The fourth-order valence-corrected chi connectivity index (χ4v) is 4.53. The SMILES string of the molecule is CNC(=O)[C@H](CCC(C)C)C[C@H](O)[C@H](Cc1ccccc1)OC(=O)c1ccc2c(n1)CCCC2. The molecule has 0 spiro atoms. The largest absolute Gasteiger partial charge is 0.455 e. The van der Waals surface area contributed by atoms with Crippen LogP contribution in [0.2, 0.25) is 0 Å². The highest BCUT2D eigenvalue weighted by molar-refractivity contribution is 5.87. The normalized spacial score (nSPS) is 15.8. The van der Waals surface area contributed by atoms with Crippen LogP contribution in [0.25, 0.3) is 0 Å². The minimum atomic E-state index is -0.976. The van der Waals surface area contributed by atoms with Gasteiger partial charge in [-0.2, -0.15) is 0 Å². The zero-order chi connectivity index (χ0) is 24.5. The number of nitrogens with zero attached hydrogens (tertiary/aromatic N) is 1. The van der Waals surface area contributed by atoms with Crippen LogP contribution in [0.5, 0.6) is 0 Å². The zero-order valence-corrected chi connectivity index (χ0v) is 20.6. The maximum Gasteiger partial charge on any atom is 0.357 e. The number of carbonyl (C=O) groups is 2. The van der Waals surface area contributed by atoms with Gasteiger partial charge >= 0.3 is 5.97 Å². The van der Waals surface area contributed by atoms with E-state index in [0.717, 1.165) is 43.4 Å². The number of aryl methyl sites for hydroxylation is 2. The van der Waals surface area contributed by atoms with Crippen LogP contribution >= 0.6 is 0 Å². The highest BCUT2D eigenvalue weighted by atomic mass is 16.6. The molecular formula is C28H38N2O4. The lowest BCUT2D eigenvalue weighted by Crippen LogP contribution is -2.38. The van der Waals surface area contributed by atoms with Gasteiger partial charge in [-0.3, -0.25) is 4.79 Å². The number of rotatable bonds is 11. The Morgan fingerprint density at radius 2 is 1.79 bits per heavy atom. The lowest BCUT2D eigenvalue weighted by molar-refractivity contribution is -0.126. The first-order chi connectivity index (χ1) is 16.4. The van der Waals surface area contributed by atoms with Gasteiger partial charge in [0.05, 0.1) is 6.10 Å². The molecule has 1 heterocycles. The van der Waals surface area contributed by atoms with Crippen molar-refractivity contribution < 1.29 is 19.4 Å². The Morgan fingerprint density at radius 3 is 2.50 bits per heavy atom. The zero-order valence-electron chi connectivity index (χ0n) is 20.6. The maximum absolute atomic E-state index is 13.1. The van der Waals surface area contributed by atoms with E-state index in [1.807, 2.05) is 36.4 Å². The summed E-state index contributed by atoms with van der Waals surface area (Å²) in [5, 5.41) is 13.9. The summed E-state index contributed by atoms with van der Waals surface area (Å²) in [7, 11) is 1.61. The highest BCUT2D eigenvalue weighted by Crippen LogP contribution is 2.24. The Bertz CT molecular complexity index is 945. The maximum atomic E-state index is 13.1. The van der Waals surface area contributed by atoms with E-state index >= 15 is 0 Å². The molecule has 0 aliphatic heterocycles. The van der Waals surface area contributed by atoms with Crippen molar-refractivity contribution in [3.05, 3.63) is 65.0 Å². The molecule has 184 valence electrons. The van der Waals surface area contributed by atoms with Crippen LogP contribution in [0, 0.1) is 11.8 Å². The van der Waals surface area contributed by atoms with Crippen molar-refractivity contribution in [1.29, 1.82) is 0 Å². The van der Waals surface area contributed by atoms with Crippen molar-refractivity contribution in [1.82, 2.24) is 10.3 Å². The van der Waals surface area contributed by atoms with Crippen LogP contribution in [-0.2, 0) is 28.8 Å². The van der Waals surface area contributed by atoms with Gasteiger partial charge in [-0.25, -0.2) is 9.78 Å². The van der Waals surface area contributed by atoms with Gasteiger partial charge in [0.15, 0.2) is 0 Å². The molecule has 0 bridgehead atoms. The van der Waals surface area contributed by atoms with Crippen molar-refractivity contribution in [2.75, 3.05) is 7.05 Å². The molecule has 1 amide bonds. The second-order valence-electron chi connectivity index (χ2n) is 9.73. The summed E-state index contributed by atoms with van der Waals surface area (Å²) in [5.41, 5.74) is 3.39. The van der Waals surface area contributed by atoms with Crippen LogP contribution < -0.4 is 5.32 Å². The number of aromatic nitrogens is 1. The Balaban J connectivity index is 1.76. The Morgan fingerprint density at radius 1 is 1.06 bits per heavy atom. The van der Waals surface area contributed by atoms with E-state index in [0.29, 0.717) is 18.8 Å². The number of carbonyl (C=O) groups excluding carboxylic acids is 2. The summed E-state index contributed by atoms with van der Waals surface area (Å²) in [5.74, 6) is -0.522. The van der Waals surface area contributed by atoms with Gasteiger partial charge in [-0.05, 0) is 61.6 Å². The molecule has 0 saturated carbocycles. The molecule has 2 aromatic rings. The van der Waals surface area contributed by atoms with Crippen molar-refractivity contribution in [2.45, 2.75) is 77.4 Å². The van der Waals surface area contributed by atoms with Gasteiger partial charge in [-0.15, -0.1) is 0 Å². The molecule has 0 radical (unpaired) electrons. The summed E-state index contributed by atoms with van der Waals surface area (Å²) in [6, 6.07) is 13.3. The van der Waals surface area contributed by atoms with Crippen molar-refractivity contribution in [2.24, 2.45) is 11.8 Å². The summed E-state index contributed by atoms with van der Waals surface area (Å²) in [4.78, 5) is 30.1. The molecule has 34 heavy (non-hydrogen) atoms. The monoisotopic (exact) mass is 466 g/mol. The van der Waals surface area contributed by atoms with Crippen LogP contribution in [0.15, 0.2) is 42.5 Å². The minimum absolute atomic E-state index is 0.0964. The fourth-order valence-electron chi connectivity index (χ4n) is 4.53. The number of pyridine rings is 1. The Labute approximate surface area is 203 Å². The molecule has 2 N–H and O–H groups in total. The molecule has 1 aromatic carbocycles. The molecule has 6 nitrogen and oxygen atoms in total. The molecule has 1 aromatic heterocycles. The molecule has 6 heteroatoms. The smallest absolute Gasteiger partial charge is 0.357 e. The molecule has 0 fully saturated rings. The standard InChI is InChI=1S/C28H38N2O4/c1-19(2)13-14-22(27(32)29-3)18-25(31)26(17-20-9-5-4-6-10-20)34-28(33)24-16-15-21-11-7-8-12-23(21)30-24/h4-6,9-10,15-16,19,22,25-26,31H,7-8,11-14,17-18H2,1-3H3,(H,29,32)/t22-,25+,26+/m1/s1. The van der Waals surface area contributed by atoms with Crippen molar-refractivity contribution in [3.8, 4) is 0 Å². The molecule has 3 atom stereocenters. The topological polar surface area (TPSA) is 88.5 Å². The summed E-state index contributed by atoms with van der Waals surface area (Å²) >= 11 is 0. The fraction of sp³-hybridized carbons (Fsp3) is 0.536. The molecule has 1 aliphatic rings. The predicted octanol–water partition coefficient (Wildman–Crippen LogP) is 4.28. The quantitative estimate of drug-likeness (QED) is 0.483. The number of nitrogens with one attached hydrogen (secondary N) is 1. The van der Waals surface area contributed by atoms with E-state index in [4.69, 9.17) is 4.74 Å². The first kappa shape index (κ1) is 25.9. The number of hydrogen-bond donors (Lipinski definition) is 2. The van der Waals surface area contributed by atoms with Crippen LogP contribution in [0.1, 0.15) is 73.3 Å². The van der Waals surface area contributed by atoms with E-state index in [1.165, 1.54) is 5.56 Å². The van der Waals surface area contributed by atoms with Gasteiger partial charge < -0.3 is 15.2 Å². The van der Waals surface area contributed by atoms with Gasteiger partial charge in [0.25, 0.3) is 0 Å². The number of aliphatic hydroxyl groups excluding tert-OH is 1. The summed E-state index contributed by atoms with van der Waals surface area (Å²) < 4.78 is 5.85. The average Bonchev–Trinajstić information content (AvgIpc) is 2.85. The average molecular weight is 467 g/mol. The Kier molecular flexibility index (Phi) is 9.63. The van der Waals surface area contributed by atoms with Gasteiger partial charge in [0.2, 0.25) is 5.91 Å². The second kappa shape index (κ2) is 12.7. The van der Waals surface area contributed by atoms with Crippen molar-refractivity contribution >= 4 is 11.9 Å². The number of hydrogen-bond acceptors (Lipinski definition) is 5. The molecule has 3 rings (SSSR count). The number of ether oxygens (including phenoxy) is 1. The van der Waals surface area contributed by atoms with E-state index in [9.17, 15) is 14.7 Å². The third-order valence-electron chi connectivity index (χ3n) is 6.59. The first-order valence-electron chi connectivity index (χ1n) is 12.5. The van der Waals surface area contributed by atoms with E-state index in [1.54, 1.807) is 13.1 Å². The molecule has 0 unspecified atom stereocenters.